The van der Waals surface area contributed by atoms with E-state index in [2.05, 4.69) is 9.72 Å². The van der Waals surface area contributed by atoms with Crippen molar-refractivity contribution in [3.8, 4) is 0 Å². The van der Waals surface area contributed by atoms with Crippen LogP contribution in [0.25, 0.3) is 0 Å². The molecule has 0 radical (unpaired) electrons. The molecule has 2 aromatic rings. The van der Waals surface area contributed by atoms with E-state index in [-0.39, 0.29) is 5.69 Å². The molecule has 0 amide bonds. The number of carbonyl (C=O) groups excluding carboxylic acids is 1. The van der Waals surface area contributed by atoms with Crippen molar-refractivity contribution in [1.29, 1.82) is 0 Å². The Labute approximate surface area is 117 Å². The van der Waals surface area contributed by atoms with Gasteiger partial charge in [0.25, 0.3) is 0 Å². The molecule has 0 N–H and O–H groups in total. The van der Waals surface area contributed by atoms with E-state index in [9.17, 15) is 4.79 Å². The van der Waals surface area contributed by atoms with Crippen LogP contribution >= 0.6 is 0 Å². The molecule has 106 valence electrons. The summed E-state index contributed by atoms with van der Waals surface area (Å²) in [5.74, 6) is 0.466. The second-order valence-electron chi connectivity index (χ2n) is 4.29. The molecule has 0 aliphatic rings. The van der Waals surface area contributed by atoms with Gasteiger partial charge in [0.2, 0.25) is 0 Å². The first kappa shape index (κ1) is 14.3. The maximum Gasteiger partial charge on any atom is 0.360 e. The van der Waals surface area contributed by atoms with Gasteiger partial charge in [-0.25, -0.2) is 9.78 Å². The lowest BCUT2D eigenvalue weighted by Gasteiger charge is -2.02. The van der Waals surface area contributed by atoms with Gasteiger partial charge in [-0.3, -0.25) is 0 Å². The van der Waals surface area contributed by atoms with Gasteiger partial charge >= 0.3 is 5.97 Å². The standard InChI is InChI=1S/C15H17NO4/c1-11-14(15(17)18-2)16-13(20-11)8-9-19-10-12-6-4-3-5-7-12/h3-7H,8-10H2,1-2H3. The summed E-state index contributed by atoms with van der Waals surface area (Å²) in [6.45, 7) is 2.72. The first-order valence-corrected chi connectivity index (χ1v) is 6.37. The van der Waals surface area contributed by atoms with Crippen LogP contribution in [0.3, 0.4) is 0 Å². The maximum atomic E-state index is 11.4. The molecule has 0 spiro atoms. The SMILES string of the molecule is COC(=O)c1nc(CCOCc2ccccc2)oc1C. The molecule has 5 heteroatoms. The lowest BCUT2D eigenvalue weighted by atomic mass is 10.2. The van der Waals surface area contributed by atoms with Crippen molar-refractivity contribution in [3.63, 3.8) is 0 Å². The fraction of sp³-hybridized carbons (Fsp3) is 0.333. The van der Waals surface area contributed by atoms with Crippen molar-refractivity contribution in [3.05, 3.63) is 53.2 Å². The number of oxazole rings is 1. The Morgan fingerprint density at radius 1 is 1.30 bits per heavy atom. The van der Waals surface area contributed by atoms with Crippen LogP contribution in [0.15, 0.2) is 34.7 Å². The molecule has 2 rings (SSSR count). The van der Waals surface area contributed by atoms with Crippen LogP contribution in [0.5, 0.6) is 0 Å². The summed E-state index contributed by atoms with van der Waals surface area (Å²) in [6, 6.07) is 9.92. The van der Waals surface area contributed by atoms with Crippen LogP contribution in [0.1, 0.15) is 27.7 Å². The lowest BCUT2D eigenvalue weighted by Crippen LogP contribution is -2.04. The molecular weight excluding hydrogens is 258 g/mol. The summed E-state index contributed by atoms with van der Waals surface area (Å²) < 4.78 is 15.6. The minimum Gasteiger partial charge on any atom is -0.464 e. The zero-order chi connectivity index (χ0) is 14.4. The van der Waals surface area contributed by atoms with Crippen molar-refractivity contribution >= 4 is 5.97 Å². The van der Waals surface area contributed by atoms with Crippen molar-refractivity contribution < 1.29 is 18.7 Å². The largest absolute Gasteiger partial charge is 0.464 e. The highest BCUT2D eigenvalue weighted by molar-refractivity contribution is 5.88. The maximum absolute atomic E-state index is 11.4. The molecule has 1 aromatic carbocycles. The van der Waals surface area contributed by atoms with Gasteiger partial charge in [0, 0.05) is 6.42 Å². The highest BCUT2D eigenvalue weighted by atomic mass is 16.5. The Morgan fingerprint density at radius 2 is 2.05 bits per heavy atom. The van der Waals surface area contributed by atoms with Crippen LogP contribution < -0.4 is 0 Å². The van der Waals surface area contributed by atoms with Gasteiger partial charge in [-0.05, 0) is 12.5 Å². The Balaban J connectivity index is 1.81. The van der Waals surface area contributed by atoms with E-state index < -0.39 is 5.97 Å². The van der Waals surface area contributed by atoms with Crippen LogP contribution in [-0.4, -0.2) is 24.7 Å². The highest BCUT2D eigenvalue weighted by Crippen LogP contribution is 2.11. The molecule has 5 nitrogen and oxygen atoms in total. The van der Waals surface area contributed by atoms with E-state index in [1.165, 1.54) is 7.11 Å². The summed E-state index contributed by atoms with van der Waals surface area (Å²) in [6.07, 6.45) is 0.519. The average molecular weight is 275 g/mol. The number of benzene rings is 1. The highest BCUT2D eigenvalue weighted by Gasteiger charge is 2.17. The summed E-state index contributed by atoms with van der Waals surface area (Å²) in [4.78, 5) is 15.5. The first-order valence-electron chi connectivity index (χ1n) is 6.37. The second kappa shape index (κ2) is 6.86. The van der Waals surface area contributed by atoms with E-state index in [1.54, 1.807) is 6.92 Å². The Bertz CT molecular complexity index is 563. The van der Waals surface area contributed by atoms with Gasteiger partial charge < -0.3 is 13.9 Å². The monoisotopic (exact) mass is 275 g/mol. The normalized spacial score (nSPS) is 10.5. The fourth-order valence-electron chi connectivity index (χ4n) is 1.77. The zero-order valence-corrected chi connectivity index (χ0v) is 11.6. The Hall–Kier alpha value is -2.14. The molecule has 0 fully saturated rings. The van der Waals surface area contributed by atoms with Crippen LogP contribution in [0, 0.1) is 6.92 Å². The minimum absolute atomic E-state index is 0.227. The number of carbonyl (C=O) groups is 1. The summed E-state index contributed by atoms with van der Waals surface area (Å²) in [5.41, 5.74) is 1.34. The topological polar surface area (TPSA) is 61.6 Å². The second-order valence-corrected chi connectivity index (χ2v) is 4.29. The molecule has 0 bridgehead atoms. The summed E-state index contributed by atoms with van der Waals surface area (Å²) >= 11 is 0. The fourth-order valence-corrected chi connectivity index (χ4v) is 1.77. The molecule has 1 heterocycles. The number of hydrogen-bond acceptors (Lipinski definition) is 5. The summed E-state index contributed by atoms with van der Waals surface area (Å²) in [5, 5.41) is 0. The van der Waals surface area contributed by atoms with Crippen LogP contribution in [0.2, 0.25) is 0 Å². The smallest absolute Gasteiger partial charge is 0.360 e. The predicted octanol–water partition coefficient (Wildman–Crippen LogP) is 2.53. The van der Waals surface area contributed by atoms with Crippen molar-refractivity contribution in [1.82, 2.24) is 4.98 Å². The number of hydrogen-bond donors (Lipinski definition) is 0. The van der Waals surface area contributed by atoms with E-state index >= 15 is 0 Å². The van der Waals surface area contributed by atoms with Crippen molar-refractivity contribution in [2.75, 3.05) is 13.7 Å². The number of aryl methyl sites for hydroxylation is 1. The zero-order valence-electron chi connectivity index (χ0n) is 11.6. The number of aromatic nitrogens is 1. The van der Waals surface area contributed by atoms with Gasteiger partial charge in [-0.15, -0.1) is 0 Å². The Morgan fingerprint density at radius 3 is 2.75 bits per heavy atom. The van der Waals surface area contributed by atoms with E-state index in [4.69, 9.17) is 9.15 Å². The minimum atomic E-state index is -0.484. The number of rotatable bonds is 6. The number of nitrogens with zero attached hydrogens (tertiary/aromatic N) is 1. The van der Waals surface area contributed by atoms with Crippen molar-refractivity contribution in [2.24, 2.45) is 0 Å². The molecule has 0 unspecified atom stereocenters. The first-order chi connectivity index (χ1) is 9.70. The molecule has 0 saturated carbocycles. The quantitative estimate of drug-likeness (QED) is 0.599. The number of methoxy groups -OCH3 is 1. The molecule has 20 heavy (non-hydrogen) atoms. The van der Waals surface area contributed by atoms with Gasteiger partial charge in [0.1, 0.15) is 5.76 Å². The molecular formula is C15H17NO4. The lowest BCUT2D eigenvalue weighted by molar-refractivity contribution is 0.0592. The van der Waals surface area contributed by atoms with Crippen molar-refractivity contribution in [2.45, 2.75) is 20.0 Å². The number of ether oxygens (including phenoxy) is 2. The van der Waals surface area contributed by atoms with Gasteiger partial charge in [0.15, 0.2) is 11.6 Å². The van der Waals surface area contributed by atoms with E-state index in [0.717, 1.165) is 5.56 Å². The molecule has 0 atom stereocenters. The average Bonchev–Trinajstić information content (AvgIpc) is 2.85. The summed E-state index contributed by atoms with van der Waals surface area (Å²) in [7, 11) is 1.32. The molecule has 0 aliphatic heterocycles. The third kappa shape index (κ3) is 3.68. The van der Waals surface area contributed by atoms with Gasteiger partial charge in [0.05, 0.1) is 20.3 Å². The molecule has 0 saturated heterocycles. The third-order valence-corrected chi connectivity index (χ3v) is 2.79. The van der Waals surface area contributed by atoms with E-state index in [1.807, 2.05) is 30.3 Å². The van der Waals surface area contributed by atoms with Gasteiger partial charge in [-0.2, -0.15) is 0 Å². The van der Waals surface area contributed by atoms with Crippen LogP contribution in [-0.2, 0) is 22.5 Å². The van der Waals surface area contributed by atoms with Gasteiger partial charge in [-0.1, -0.05) is 30.3 Å². The van der Waals surface area contributed by atoms with E-state index in [0.29, 0.717) is 31.3 Å². The third-order valence-electron chi connectivity index (χ3n) is 2.79. The Kier molecular flexibility index (Phi) is 4.90. The molecule has 0 aliphatic carbocycles. The predicted molar refractivity (Wildman–Crippen MR) is 72.4 cm³/mol. The molecule has 1 aromatic heterocycles. The number of esters is 1. The van der Waals surface area contributed by atoms with Crippen LogP contribution in [0.4, 0.5) is 0 Å².